The first-order chi connectivity index (χ1) is 8.65. The third-order valence-electron chi connectivity index (χ3n) is 2.43. The van der Waals surface area contributed by atoms with Crippen molar-refractivity contribution in [3.8, 4) is 17.2 Å². The highest BCUT2D eigenvalue weighted by molar-refractivity contribution is 5.74. The molecule has 100 valence electrons. The van der Waals surface area contributed by atoms with Gasteiger partial charge in [0.25, 0.3) is 0 Å². The minimum atomic E-state index is -0.303. The smallest absolute Gasteiger partial charge is 0.310 e. The summed E-state index contributed by atoms with van der Waals surface area (Å²) in [6.45, 7) is 2.12. The lowest BCUT2D eigenvalue weighted by molar-refractivity contribution is -0.142. The molecule has 0 N–H and O–H groups in total. The molecule has 0 aliphatic heterocycles. The minimum absolute atomic E-state index is 0.136. The van der Waals surface area contributed by atoms with Gasteiger partial charge in [0.1, 0.15) is 5.75 Å². The van der Waals surface area contributed by atoms with Gasteiger partial charge in [-0.25, -0.2) is 0 Å². The number of hydrogen-bond acceptors (Lipinski definition) is 5. The highest BCUT2D eigenvalue weighted by atomic mass is 16.5. The van der Waals surface area contributed by atoms with E-state index in [1.807, 2.05) is 0 Å². The van der Waals surface area contributed by atoms with Gasteiger partial charge in [-0.1, -0.05) is 0 Å². The summed E-state index contributed by atoms with van der Waals surface area (Å²) in [7, 11) is 4.62. The van der Waals surface area contributed by atoms with E-state index >= 15 is 0 Å². The van der Waals surface area contributed by atoms with Crippen LogP contribution in [0.5, 0.6) is 17.2 Å². The van der Waals surface area contributed by atoms with E-state index in [2.05, 4.69) is 0 Å². The maximum absolute atomic E-state index is 11.5. The maximum atomic E-state index is 11.5. The minimum Gasteiger partial charge on any atom is -0.496 e. The normalized spacial score (nSPS) is 9.78. The first kappa shape index (κ1) is 14.2. The molecule has 5 nitrogen and oxygen atoms in total. The molecule has 18 heavy (non-hydrogen) atoms. The Morgan fingerprint density at radius 2 is 1.56 bits per heavy atom. The molecule has 0 aromatic heterocycles. The van der Waals surface area contributed by atoms with Crippen LogP contribution in [0.1, 0.15) is 12.5 Å². The number of esters is 1. The molecule has 0 radical (unpaired) electrons. The molecule has 1 aromatic carbocycles. The molecule has 0 saturated carbocycles. The zero-order valence-electron chi connectivity index (χ0n) is 11.1. The molecule has 1 rings (SSSR count). The van der Waals surface area contributed by atoms with Gasteiger partial charge in [-0.15, -0.1) is 0 Å². The summed E-state index contributed by atoms with van der Waals surface area (Å²) < 4.78 is 20.5. The summed E-state index contributed by atoms with van der Waals surface area (Å²) in [4.78, 5) is 11.5. The first-order valence-electron chi connectivity index (χ1n) is 5.60. The quantitative estimate of drug-likeness (QED) is 0.725. The van der Waals surface area contributed by atoms with Crippen LogP contribution >= 0.6 is 0 Å². The summed E-state index contributed by atoms with van der Waals surface area (Å²) in [5.41, 5.74) is 0.702. The fraction of sp³-hybridized carbons (Fsp3) is 0.462. The standard InChI is InChI=1S/C13H18O5/c1-5-18-13(14)7-9-6-11(16-3)12(17-4)8-10(9)15-2/h6,8H,5,7H2,1-4H3. The topological polar surface area (TPSA) is 54.0 Å². The number of rotatable bonds is 6. The fourth-order valence-electron chi connectivity index (χ4n) is 1.60. The fourth-order valence-corrected chi connectivity index (χ4v) is 1.60. The molecule has 0 bridgehead atoms. The third-order valence-corrected chi connectivity index (χ3v) is 2.43. The number of hydrogen-bond donors (Lipinski definition) is 0. The van der Waals surface area contributed by atoms with Gasteiger partial charge in [-0.3, -0.25) is 4.79 Å². The second-order valence-corrected chi connectivity index (χ2v) is 3.50. The molecule has 0 aliphatic carbocycles. The predicted octanol–water partition coefficient (Wildman–Crippen LogP) is 1.82. The molecule has 0 aliphatic rings. The molecule has 0 saturated heterocycles. The van der Waals surface area contributed by atoms with Crippen molar-refractivity contribution >= 4 is 5.97 Å². The van der Waals surface area contributed by atoms with Crippen molar-refractivity contribution in [1.82, 2.24) is 0 Å². The van der Waals surface area contributed by atoms with Crippen molar-refractivity contribution in [3.05, 3.63) is 17.7 Å². The molecule has 5 heteroatoms. The van der Waals surface area contributed by atoms with Crippen LogP contribution in [-0.2, 0) is 16.0 Å². The Labute approximate surface area is 107 Å². The largest absolute Gasteiger partial charge is 0.496 e. The van der Waals surface area contributed by atoms with Gasteiger partial charge >= 0.3 is 5.97 Å². The number of ether oxygens (including phenoxy) is 4. The van der Waals surface area contributed by atoms with Crippen molar-refractivity contribution < 1.29 is 23.7 Å². The number of benzene rings is 1. The number of carbonyl (C=O) groups is 1. The molecule has 0 fully saturated rings. The molecule has 0 unspecified atom stereocenters. The lowest BCUT2D eigenvalue weighted by Gasteiger charge is -2.13. The molecule has 0 spiro atoms. The summed E-state index contributed by atoms with van der Waals surface area (Å²) in [5, 5.41) is 0. The monoisotopic (exact) mass is 254 g/mol. The summed E-state index contributed by atoms with van der Waals surface area (Å²) in [5.74, 6) is 1.38. The van der Waals surface area contributed by atoms with Crippen LogP contribution in [0.3, 0.4) is 0 Å². The van der Waals surface area contributed by atoms with E-state index < -0.39 is 0 Å². The molecule has 0 heterocycles. The zero-order chi connectivity index (χ0) is 13.5. The molecular formula is C13H18O5. The van der Waals surface area contributed by atoms with Crippen LogP contribution < -0.4 is 14.2 Å². The van der Waals surface area contributed by atoms with Crippen LogP contribution in [0.25, 0.3) is 0 Å². The van der Waals surface area contributed by atoms with Crippen molar-refractivity contribution in [1.29, 1.82) is 0 Å². The van der Waals surface area contributed by atoms with E-state index in [9.17, 15) is 4.79 Å². The first-order valence-corrected chi connectivity index (χ1v) is 5.60. The lowest BCUT2D eigenvalue weighted by atomic mass is 10.1. The van der Waals surface area contributed by atoms with Gasteiger partial charge in [-0.2, -0.15) is 0 Å². The molecular weight excluding hydrogens is 236 g/mol. The molecule has 1 aromatic rings. The molecule has 0 amide bonds. The maximum Gasteiger partial charge on any atom is 0.310 e. The third kappa shape index (κ3) is 3.29. The number of carbonyl (C=O) groups excluding carboxylic acids is 1. The van der Waals surface area contributed by atoms with E-state index in [0.29, 0.717) is 29.4 Å². The second kappa shape index (κ2) is 6.74. The van der Waals surface area contributed by atoms with Crippen molar-refractivity contribution in [3.63, 3.8) is 0 Å². The van der Waals surface area contributed by atoms with E-state index in [1.54, 1.807) is 33.3 Å². The Morgan fingerprint density at radius 1 is 1.00 bits per heavy atom. The molecule has 0 atom stereocenters. The summed E-state index contributed by atoms with van der Waals surface area (Å²) in [6, 6.07) is 3.40. The highest BCUT2D eigenvalue weighted by Gasteiger charge is 2.15. The zero-order valence-corrected chi connectivity index (χ0v) is 11.1. The van der Waals surface area contributed by atoms with Crippen LogP contribution in [0.2, 0.25) is 0 Å². The van der Waals surface area contributed by atoms with Crippen molar-refractivity contribution in [2.24, 2.45) is 0 Å². The Morgan fingerprint density at radius 3 is 2.06 bits per heavy atom. The SMILES string of the molecule is CCOC(=O)Cc1cc(OC)c(OC)cc1OC. The Hall–Kier alpha value is -1.91. The Kier molecular flexibility index (Phi) is 5.30. The van der Waals surface area contributed by atoms with Gasteiger partial charge in [0.05, 0.1) is 34.4 Å². The van der Waals surface area contributed by atoms with Crippen LogP contribution in [0, 0.1) is 0 Å². The van der Waals surface area contributed by atoms with Gasteiger partial charge in [-0.05, 0) is 13.0 Å². The van der Waals surface area contributed by atoms with E-state index in [1.165, 1.54) is 7.11 Å². The van der Waals surface area contributed by atoms with Crippen LogP contribution in [0.4, 0.5) is 0 Å². The van der Waals surface area contributed by atoms with Gasteiger partial charge in [0, 0.05) is 11.6 Å². The van der Waals surface area contributed by atoms with Gasteiger partial charge in [0.2, 0.25) is 0 Å². The van der Waals surface area contributed by atoms with Crippen LogP contribution in [0.15, 0.2) is 12.1 Å². The Bertz CT molecular complexity index is 414. The van der Waals surface area contributed by atoms with E-state index in [-0.39, 0.29) is 12.4 Å². The highest BCUT2D eigenvalue weighted by Crippen LogP contribution is 2.34. The average Bonchev–Trinajstić information content (AvgIpc) is 2.38. The van der Waals surface area contributed by atoms with E-state index in [0.717, 1.165) is 0 Å². The summed E-state index contributed by atoms with van der Waals surface area (Å²) >= 11 is 0. The van der Waals surface area contributed by atoms with Crippen molar-refractivity contribution in [2.45, 2.75) is 13.3 Å². The lowest BCUT2D eigenvalue weighted by Crippen LogP contribution is -2.09. The predicted molar refractivity (Wildman–Crippen MR) is 66.4 cm³/mol. The average molecular weight is 254 g/mol. The van der Waals surface area contributed by atoms with Crippen molar-refractivity contribution in [2.75, 3.05) is 27.9 Å². The Balaban J connectivity index is 3.05. The van der Waals surface area contributed by atoms with Gasteiger partial charge < -0.3 is 18.9 Å². The second-order valence-electron chi connectivity index (χ2n) is 3.50. The van der Waals surface area contributed by atoms with Gasteiger partial charge in [0.15, 0.2) is 11.5 Å². The number of methoxy groups -OCH3 is 3. The summed E-state index contributed by atoms with van der Waals surface area (Å²) in [6.07, 6.45) is 0.136. The van der Waals surface area contributed by atoms with E-state index in [4.69, 9.17) is 18.9 Å². The van der Waals surface area contributed by atoms with Crippen LogP contribution in [-0.4, -0.2) is 33.9 Å².